The fraction of sp³-hybridized carbons (Fsp3) is 0.667. The second kappa shape index (κ2) is 3.27. The molecule has 0 unspecified atom stereocenters. The van der Waals surface area contributed by atoms with E-state index in [0.29, 0.717) is 0 Å². The molecule has 1 aliphatic rings. The molecular weight excluding hydrogens is 150 g/mol. The van der Waals surface area contributed by atoms with Crippen molar-refractivity contribution in [2.45, 2.75) is 31.7 Å². The zero-order chi connectivity index (χ0) is 8.39. The number of hydrogen-bond acceptors (Lipinski definition) is 2. The number of nitrogens with one attached hydrogen (secondary N) is 2. The van der Waals surface area contributed by atoms with Crippen LogP contribution < -0.4 is 5.32 Å². The maximum absolute atomic E-state index is 4.29. The molecule has 1 aromatic rings. The molecule has 0 radical (unpaired) electrons. The summed E-state index contributed by atoms with van der Waals surface area (Å²) in [5, 5.41) is 10.4. The highest BCUT2D eigenvalue weighted by Gasteiger charge is 2.21. The van der Waals surface area contributed by atoms with E-state index in [1.807, 2.05) is 7.05 Å². The summed E-state index contributed by atoms with van der Waals surface area (Å²) >= 11 is 0. The second-order valence-corrected chi connectivity index (χ2v) is 3.48. The molecular formula is C9H15N3. The Labute approximate surface area is 72.6 Å². The highest BCUT2D eigenvalue weighted by Crippen LogP contribution is 2.35. The van der Waals surface area contributed by atoms with Crippen LogP contribution in [0.1, 0.15) is 36.6 Å². The van der Waals surface area contributed by atoms with Crippen molar-refractivity contribution >= 4 is 0 Å². The molecule has 66 valence electrons. The van der Waals surface area contributed by atoms with Crippen LogP contribution in [-0.4, -0.2) is 17.2 Å². The van der Waals surface area contributed by atoms with Gasteiger partial charge in [0.25, 0.3) is 0 Å². The maximum Gasteiger partial charge on any atom is 0.0656 e. The van der Waals surface area contributed by atoms with Crippen molar-refractivity contribution in [1.82, 2.24) is 15.5 Å². The van der Waals surface area contributed by atoms with E-state index in [4.69, 9.17) is 0 Å². The number of rotatable bonds is 3. The molecule has 1 heterocycles. The Bertz CT molecular complexity index is 250. The number of aromatic amines is 1. The van der Waals surface area contributed by atoms with Crippen molar-refractivity contribution in [3.8, 4) is 0 Å². The molecule has 2 N–H and O–H groups in total. The van der Waals surface area contributed by atoms with Gasteiger partial charge in [-0.25, -0.2) is 0 Å². The molecule has 1 aliphatic carbocycles. The Morgan fingerprint density at radius 1 is 1.67 bits per heavy atom. The number of hydrogen-bond donors (Lipinski definition) is 2. The molecule has 0 saturated heterocycles. The molecule has 1 aromatic heterocycles. The number of H-pyrrole nitrogens is 1. The molecule has 3 nitrogen and oxygen atoms in total. The molecule has 0 aromatic carbocycles. The van der Waals surface area contributed by atoms with Gasteiger partial charge in [0.05, 0.1) is 5.69 Å². The van der Waals surface area contributed by atoms with Crippen LogP contribution in [0, 0.1) is 0 Å². The van der Waals surface area contributed by atoms with Gasteiger partial charge in [-0.2, -0.15) is 5.10 Å². The lowest BCUT2D eigenvalue weighted by atomic mass is 9.83. The van der Waals surface area contributed by atoms with Gasteiger partial charge in [0.1, 0.15) is 0 Å². The monoisotopic (exact) mass is 165 g/mol. The third kappa shape index (κ3) is 1.37. The largest absolute Gasteiger partial charge is 0.314 e. The minimum atomic E-state index is 0.742. The standard InChI is InChI=1S/C9H15N3/c1-10-6-8-5-9(12-11-8)7-3-2-4-7/h5,7,10H,2-4,6H2,1H3,(H,11,12). The predicted molar refractivity (Wildman–Crippen MR) is 47.9 cm³/mol. The van der Waals surface area contributed by atoms with E-state index >= 15 is 0 Å². The summed E-state index contributed by atoms with van der Waals surface area (Å²) in [6, 6.07) is 2.18. The summed E-state index contributed by atoms with van der Waals surface area (Å²) in [5.74, 6) is 0.742. The third-order valence-electron chi connectivity index (χ3n) is 2.54. The molecule has 1 fully saturated rings. The Morgan fingerprint density at radius 3 is 3.08 bits per heavy atom. The normalized spacial score (nSPS) is 17.8. The second-order valence-electron chi connectivity index (χ2n) is 3.48. The van der Waals surface area contributed by atoms with Gasteiger partial charge in [0, 0.05) is 18.2 Å². The number of aromatic nitrogens is 2. The van der Waals surface area contributed by atoms with Crippen LogP contribution in [0.3, 0.4) is 0 Å². The van der Waals surface area contributed by atoms with Crippen LogP contribution in [0.15, 0.2) is 6.07 Å². The van der Waals surface area contributed by atoms with Gasteiger partial charge in [-0.05, 0) is 26.0 Å². The van der Waals surface area contributed by atoms with E-state index in [9.17, 15) is 0 Å². The Balaban J connectivity index is 2.02. The van der Waals surface area contributed by atoms with E-state index in [1.54, 1.807) is 0 Å². The first kappa shape index (κ1) is 7.80. The lowest BCUT2D eigenvalue weighted by Gasteiger charge is -2.22. The quantitative estimate of drug-likeness (QED) is 0.710. The summed E-state index contributed by atoms with van der Waals surface area (Å²) < 4.78 is 0. The minimum Gasteiger partial charge on any atom is -0.314 e. The van der Waals surface area contributed by atoms with Gasteiger partial charge in [0.2, 0.25) is 0 Å². The molecule has 3 heteroatoms. The molecule has 0 amide bonds. The van der Waals surface area contributed by atoms with Crippen LogP contribution in [0.4, 0.5) is 0 Å². The zero-order valence-electron chi connectivity index (χ0n) is 7.43. The van der Waals surface area contributed by atoms with Crippen molar-refractivity contribution in [2.75, 3.05) is 7.05 Å². The topological polar surface area (TPSA) is 40.7 Å². The first-order valence-corrected chi connectivity index (χ1v) is 4.59. The first-order chi connectivity index (χ1) is 5.90. The molecule has 0 bridgehead atoms. The van der Waals surface area contributed by atoms with Gasteiger partial charge in [0.15, 0.2) is 0 Å². The summed E-state index contributed by atoms with van der Waals surface area (Å²) in [6.45, 7) is 0.889. The van der Waals surface area contributed by atoms with Crippen LogP contribution in [0.5, 0.6) is 0 Å². The highest BCUT2D eigenvalue weighted by atomic mass is 15.1. The lowest BCUT2D eigenvalue weighted by Crippen LogP contribution is -2.08. The summed E-state index contributed by atoms with van der Waals surface area (Å²) in [6.07, 6.45) is 4.02. The van der Waals surface area contributed by atoms with Crippen LogP contribution >= 0.6 is 0 Å². The molecule has 2 rings (SSSR count). The zero-order valence-corrected chi connectivity index (χ0v) is 7.43. The minimum absolute atomic E-state index is 0.742. The Hall–Kier alpha value is -0.830. The van der Waals surface area contributed by atoms with Crippen LogP contribution in [0.25, 0.3) is 0 Å². The van der Waals surface area contributed by atoms with Gasteiger partial charge in [-0.15, -0.1) is 0 Å². The number of nitrogens with zero attached hydrogens (tertiary/aromatic N) is 1. The van der Waals surface area contributed by atoms with Crippen molar-refractivity contribution in [3.05, 3.63) is 17.5 Å². The summed E-state index contributed by atoms with van der Waals surface area (Å²) in [4.78, 5) is 0. The van der Waals surface area contributed by atoms with E-state index in [-0.39, 0.29) is 0 Å². The molecule has 0 spiro atoms. The molecule has 0 atom stereocenters. The fourth-order valence-corrected chi connectivity index (χ4v) is 1.57. The Morgan fingerprint density at radius 2 is 2.50 bits per heavy atom. The molecule has 12 heavy (non-hydrogen) atoms. The molecule has 0 aliphatic heterocycles. The smallest absolute Gasteiger partial charge is 0.0656 e. The average molecular weight is 165 g/mol. The summed E-state index contributed by atoms with van der Waals surface area (Å²) in [5.41, 5.74) is 2.45. The average Bonchev–Trinajstić information content (AvgIpc) is 2.34. The van der Waals surface area contributed by atoms with E-state index < -0.39 is 0 Å². The van der Waals surface area contributed by atoms with Crippen molar-refractivity contribution in [3.63, 3.8) is 0 Å². The first-order valence-electron chi connectivity index (χ1n) is 4.59. The van der Waals surface area contributed by atoms with Crippen LogP contribution in [-0.2, 0) is 6.54 Å². The molecule has 1 saturated carbocycles. The SMILES string of the molecule is CNCc1cc(C2CCC2)n[nH]1. The highest BCUT2D eigenvalue weighted by molar-refractivity contribution is 5.14. The van der Waals surface area contributed by atoms with Gasteiger partial charge in [-0.3, -0.25) is 5.10 Å². The Kier molecular flexibility index (Phi) is 2.13. The van der Waals surface area contributed by atoms with Gasteiger partial charge < -0.3 is 5.32 Å². The van der Waals surface area contributed by atoms with E-state index in [0.717, 1.165) is 12.5 Å². The maximum atomic E-state index is 4.29. The van der Waals surface area contributed by atoms with Crippen LogP contribution in [0.2, 0.25) is 0 Å². The van der Waals surface area contributed by atoms with Gasteiger partial charge >= 0.3 is 0 Å². The van der Waals surface area contributed by atoms with Gasteiger partial charge in [-0.1, -0.05) is 6.42 Å². The van der Waals surface area contributed by atoms with E-state index in [1.165, 1.54) is 30.7 Å². The lowest BCUT2D eigenvalue weighted by molar-refractivity contribution is 0.410. The van der Waals surface area contributed by atoms with E-state index in [2.05, 4.69) is 21.6 Å². The summed E-state index contributed by atoms with van der Waals surface area (Å²) in [7, 11) is 1.95. The van der Waals surface area contributed by atoms with Crippen molar-refractivity contribution in [2.24, 2.45) is 0 Å². The van der Waals surface area contributed by atoms with Crippen molar-refractivity contribution in [1.29, 1.82) is 0 Å². The predicted octanol–water partition coefficient (Wildman–Crippen LogP) is 1.40. The van der Waals surface area contributed by atoms with Crippen molar-refractivity contribution < 1.29 is 0 Å². The third-order valence-corrected chi connectivity index (χ3v) is 2.54. The fourth-order valence-electron chi connectivity index (χ4n) is 1.57.